The molecule has 0 saturated heterocycles. The van der Waals surface area contributed by atoms with E-state index in [4.69, 9.17) is 0 Å². The van der Waals surface area contributed by atoms with Gasteiger partial charge in [0.1, 0.15) is 11.0 Å². The van der Waals surface area contributed by atoms with Crippen molar-refractivity contribution >= 4 is 57.4 Å². The Bertz CT molecular complexity index is 2250. The van der Waals surface area contributed by atoms with Gasteiger partial charge in [-0.3, -0.25) is 0 Å². The summed E-state index contributed by atoms with van der Waals surface area (Å²) in [5.41, 5.74) is 9.44. The molecule has 3 aromatic carbocycles. The summed E-state index contributed by atoms with van der Waals surface area (Å²) in [4.78, 5) is 27.0. The molecule has 0 aliphatic heterocycles. The zero-order chi connectivity index (χ0) is 37.7. The Morgan fingerprint density at radius 2 is 1.19 bits per heavy atom. The zero-order valence-electron chi connectivity index (χ0n) is 31.2. The minimum Gasteiger partial charge on any atom is -0.478 e. The smallest absolute Gasteiger partial charge is 0.337 e. The fourth-order valence-corrected chi connectivity index (χ4v) is 11.2. The van der Waals surface area contributed by atoms with Crippen LogP contribution in [0.5, 0.6) is 0 Å². The molecule has 280 valence electrons. The van der Waals surface area contributed by atoms with E-state index in [1.54, 1.807) is 11.4 Å². The first-order valence-corrected chi connectivity index (χ1v) is 22.0. The molecule has 2 N–H and O–H groups in total. The van der Waals surface area contributed by atoms with Gasteiger partial charge in [0.25, 0.3) is 0 Å². The number of thiophene rings is 2. The van der Waals surface area contributed by atoms with Crippen LogP contribution in [0, 0.1) is 0 Å². The zero-order valence-corrected chi connectivity index (χ0v) is 33.6. The van der Waals surface area contributed by atoms with Crippen molar-refractivity contribution in [3.05, 3.63) is 94.4 Å². The summed E-state index contributed by atoms with van der Waals surface area (Å²) in [5, 5.41) is 22.1. The molecule has 7 rings (SSSR count). The van der Waals surface area contributed by atoms with Crippen LogP contribution in [0.2, 0.25) is 0 Å². The predicted molar refractivity (Wildman–Crippen MR) is 226 cm³/mol. The number of benzene rings is 3. The molecule has 1 aliphatic rings. The van der Waals surface area contributed by atoms with E-state index in [0.29, 0.717) is 31.9 Å². The van der Waals surface area contributed by atoms with Crippen molar-refractivity contribution in [3.63, 3.8) is 0 Å². The predicted octanol–water partition coefficient (Wildman–Crippen LogP) is 14.0. The highest BCUT2D eigenvalue weighted by Gasteiger charge is 2.42. The Morgan fingerprint density at radius 3 is 1.83 bits per heavy atom. The van der Waals surface area contributed by atoms with Crippen LogP contribution in [0.1, 0.15) is 136 Å². The lowest BCUT2D eigenvalue weighted by atomic mass is 9.70. The van der Waals surface area contributed by atoms with Crippen LogP contribution in [0.15, 0.2) is 72.1 Å². The highest BCUT2D eigenvalue weighted by molar-refractivity contribution is 7.19. The Hall–Kier alpha value is -4.18. The SMILES string of the molecule is CCCCCCCCC1(CCCCCCCC)c2ccccc2-c2ccc(-c3cc(C(=O)O)c(-c4ccc(-c5sccc5C(=O)O)c5nsnc45)s3)cc21. The lowest BCUT2D eigenvalue weighted by Crippen LogP contribution is -2.25. The van der Waals surface area contributed by atoms with Gasteiger partial charge in [0, 0.05) is 21.4 Å². The van der Waals surface area contributed by atoms with Crippen LogP contribution in [0.25, 0.3) is 53.5 Å². The Morgan fingerprint density at radius 1 is 0.611 bits per heavy atom. The van der Waals surface area contributed by atoms with Crippen molar-refractivity contribution in [2.24, 2.45) is 0 Å². The average Bonchev–Trinajstić information content (AvgIpc) is 4.00. The molecule has 6 aromatic rings. The van der Waals surface area contributed by atoms with Gasteiger partial charge in [-0.05, 0) is 64.2 Å². The number of carboxylic acid groups (broad SMARTS) is 2. The Balaban J connectivity index is 1.28. The van der Waals surface area contributed by atoms with Crippen LogP contribution in [-0.2, 0) is 5.41 Å². The van der Waals surface area contributed by atoms with E-state index in [0.717, 1.165) is 35.0 Å². The molecule has 0 unspecified atom stereocenters. The summed E-state index contributed by atoms with van der Waals surface area (Å²) in [6, 6.07) is 23.0. The molecule has 3 heterocycles. The maximum absolute atomic E-state index is 12.9. The van der Waals surface area contributed by atoms with Gasteiger partial charge in [-0.2, -0.15) is 8.75 Å². The van der Waals surface area contributed by atoms with E-state index >= 15 is 0 Å². The lowest BCUT2D eigenvalue weighted by molar-refractivity contribution is 0.0687. The van der Waals surface area contributed by atoms with Crippen LogP contribution in [0.3, 0.4) is 0 Å². The fraction of sp³-hybridized carbons (Fsp3) is 0.378. The normalized spacial score (nSPS) is 13.0. The lowest BCUT2D eigenvalue weighted by Gasteiger charge is -2.33. The van der Waals surface area contributed by atoms with E-state index in [2.05, 4.69) is 65.1 Å². The molecule has 0 atom stereocenters. The maximum Gasteiger partial charge on any atom is 0.337 e. The molecule has 0 radical (unpaired) electrons. The summed E-state index contributed by atoms with van der Waals surface area (Å²) in [6.45, 7) is 4.54. The number of fused-ring (bicyclic) bond motifs is 4. The number of rotatable bonds is 19. The molecule has 0 bridgehead atoms. The first-order chi connectivity index (χ1) is 26.4. The van der Waals surface area contributed by atoms with Gasteiger partial charge >= 0.3 is 11.9 Å². The van der Waals surface area contributed by atoms with Crippen molar-refractivity contribution in [1.29, 1.82) is 0 Å². The molecule has 3 aromatic heterocycles. The van der Waals surface area contributed by atoms with Crippen LogP contribution < -0.4 is 0 Å². The van der Waals surface area contributed by atoms with Crippen LogP contribution in [0.4, 0.5) is 0 Å². The summed E-state index contributed by atoms with van der Waals surface area (Å²) in [5.74, 6) is -1.99. The highest BCUT2D eigenvalue weighted by Crippen LogP contribution is 2.55. The molecular formula is C45H48N2O4S3. The van der Waals surface area contributed by atoms with E-state index in [1.165, 1.54) is 122 Å². The monoisotopic (exact) mass is 776 g/mol. The minimum atomic E-state index is -0.997. The third-order valence-electron chi connectivity index (χ3n) is 11.2. The van der Waals surface area contributed by atoms with Gasteiger partial charge in [0.05, 0.1) is 32.6 Å². The molecule has 0 saturated carbocycles. The van der Waals surface area contributed by atoms with E-state index in [-0.39, 0.29) is 16.5 Å². The van der Waals surface area contributed by atoms with Gasteiger partial charge in [-0.25, -0.2) is 9.59 Å². The van der Waals surface area contributed by atoms with Gasteiger partial charge in [-0.15, -0.1) is 22.7 Å². The van der Waals surface area contributed by atoms with Crippen molar-refractivity contribution in [3.8, 4) is 42.4 Å². The maximum atomic E-state index is 12.9. The molecule has 0 amide bonds. The van der Waals surface area contributed by atoms with E-state index in [9.17, 15) is 19.8 Å². The largest absolute Gasteiger partial charge is 0.478 e. The second kappa shape index (κ2) is 17.1. The number of unbranched alkanes of at least 4 members (excludes halogenated alkanes) is 10. The first kappa shape index (κ1) is 38.1. The van der Waals surface area contributed by atoms with Gasteiger partial charge in [0.2, 0.25) is 0 Å². The molecule has 0 spiro atoms. The van der Waals surface area contributed by atoms with Gasteiger partial charge in [0.15, 0.2) is 0 Å². The van der Waals surface area contributed by atoms with E-state index < -0.39 is 11.9 Å². The summed E-state index contributed by atoms with van der Waals surface area (Å²) < 4.78 is 9.18. The first-order valence-electron chi connectivity index (χ1n) is 19.6. The minimum absolute atomic E-state index is 0.0714. The summed E-state index contributed by atoms with van der Waals surface area (Å²) in [7, 11) is 0. The second-order valence-corrected chi connectivity index (χ2v) is 17.2. The molecule has 9 heteroatoms. The molecule has 54 heavy (non-hydrogen) atoms. The standard InChI is InChI=1S/C45H48N2O4S3/c1-3-5-7-9-11-15-24-45(25-16-12-10-8-6-4-2)36-18-14-13-17-30(36)31-20-19-29(27-37(31)45)38-28-35(44(50)51)42(53-38)33-22-21-32(39-40(33)47-54-46-39)41-34(43(48)49)23-26-52-41/h13-14,17-23,26-28H,3-12,15-16,24-25H2,1-2H3,(H,48,49)(H,50,51). The van der Waals surface area contributed by atoms with Crippen LogP contribution in [-0.4, -0.2) is 30.9 Å². The summed E-state index contributed by atoms with van der Waals surface area (Å²) >= 11 is 3.87. The third-order valence-corrected chi connectivity index (χ3v) is 13.9. The van der Waals surface area contributed by atoms with Gasteiger partial charge < -0.3 is 10.2 Å². The third kappa shape index (κ3) is 7.42. The Labute approximate surface area is 330 Å². The topological polar surface area (TPSA) is 100 Å². The molecular weight excluding hydrogens is 729 g/mol. The van der Waals surface area contributed by atoms with Crippen molar-refractivity contribution < 1.29 is 19.8 Å². The van der Waals surface area contributed by atoms with Crippen molar-refractivity contribution in [2.75, 3.05) is 0 Å². The number of aromatic nitrogens is 2. The quantitative estimate of drug-likeness (QED) is 0.0795. The number of carboxylic acids is 2. The number of nitrogens with zero attached hydrogens (tertiary/aromatic N) is 2. The molecule has 0 fully saturated rings. The van der Waals surface area contributed by atoms with Crippen molar-refractivity contribution in [2.45, 2.75) is 109 Å². The number of hydrogen-bond acceptors (Lipinski definition) is 7. The highest BCUT2D eigenvalue weighted by atomic mass is 32.1. The van der Waals surface area contributed by atoms with Gasteiger partial charge in [-0.1, -0.05) is 139 Å². The Kier molecular flexibility index (Phi) is 12.1. The number of hydrogen-bond donors (Lipinski definition) is 2. The van der Waals surface area contributed by atoms with Crippen LogP contribution >= 0.6 is 34.4 Å². The fourth-order valence-electron chi connectivity index (χ4n) is 8.50. The van der Waals surface area contributed by atoms with Crippen molar-refractivity contribution in [1.82, 2.24) is 8.75 Å². The summed E-state index contributed by atoms with van der Waals surface area (Å²) in [6.07, 6.45) is 17.4. The second-order valence-electron chi connectivity index (χ2n) is 14.7. The van der Waals surface area contributed by atoms with E-state index in [1.807, 2.05) is 18.2 Å². The number of carbonyl (C=O) groups is 2. The molecule has 1 aliphatic carbocycles. The number of aromatic carboxylic acids is 2. The molecule has 6 nitrogen and oxygen atoms in total. The average molecular weight is 777 g/mol.